The van der Waals surface area contributed by atoms with Crippen LogP contribution in [0.15, 0.2) is 18.2 Å². The first-order valence-corrected chi connectivity index (χ1v) is 6.30. The average molecular weight is 255 g/mol. The maximum absolute atomic E-state index is 13.5. The van der Waals surface area contributed by atoms with Gasteiger partial charge < -0.3 is 10.1 Å². The highest BCUT2D eigenvalue weighted by molar-refractivity contribution is 5.26. The molecule has 0 aliphatic heterocycles. The number of benzene rings is 1. The molecule has 3 unspecified atom stereocenters. The molecule has 1 aliphatic carbocycles. The summed E-state index contributed by atoms with van der Waals surface area (Å²) in [5.74, 6) is -0.980. The van der Waals surface area contributed by atoms with E-state index in [0.717, 1.165) is 31.0 Å². The minimum Gasteiger partial charge on any atom is -0.487 e. The Bertz CT molecular complexity index is 438. The molecule has 1 fully saturated rings. The van der Waals surface area contributed by atoms with Gasteiger partial charge in [0, 0.05) is 23.9 Å². The van der Waals surface area contributed by atoms with E-state index in [-0.39, 0.29) is 17.3 Å². The van der Waals surface area contributed by atoms with Crippen LogP contribution in [0.3, 0.4) is 0 Å². The maximum atomic E-state index is 13.5. The van der Waals surface area contributed by atoms with Gasteiger partial charge >= 0.3 is 0 Å². The molecule has 4 heteroatoms. The van der Waals surface area contributed by atoms with Crippen molar-refractivity contribution in [3.8, 4) is 5.75 Å². The quantitative estimate of drug-likeness (QED) is 0.892. The topological polar surface area (TPSA) is 21.3 Å². The average Bonchev–Trinajstić information content (AvgIpc) is 2.36. The molecule has 18 heavy (non-hydrogen) atoms. The van der Waals surface area contributed by atoms with Crippen LogP contribution >= 0.6 is 0 Å². The molecular weight excluding hydrogens is 236 g/mol. The summed E-state index contributed by atoms with van der Waals surface area (Å²) in [6.07, 6.45) is 1.67. The van der Waals surface area contributed by atoms with Crippen molar-refractivity contribution in [2.75, 3.05) is 7.05 Å². The van der Waals surface area contributed by atoms with Crippen LogP contribution in [-0.4, -0.2) is 19.2 Å². The number of ether oxygens (including phenoxy) is 1. The molecule has 1 aromatic carbocycles. The number of halogens is 2. The van der Waals surface area contributed by atoms with Gasteiger partial charge in [-0.3, -0.25) is 0 Å². The van der Waals surface area contributed by atoms with Gasteiger partial charge in [-0.05, 0) is 25.6 Å². The second-order valence-corrected chi connectivity index (χ2v) is 5.12. The SMILES string of the molecule is CCC1(C)C(NC)CC1Oc1cc(F)ccc1F. The summed E-state index contributed by atoms with van der Waals surface area (Å²) in [5.41, 5.74) is -0.0342. The molecule has 1 saturated carbocycles. The van der Waals surface area contributed by atoms with Gasteiger partial charge in [0.25, 0.3) is 0 Å². The van der Waals surface area contributed by atoms with Gasteiger partial charge in [0.15, 0.2) is 11.6 Å². The molecule has 0 spiro atoms. The summed E-state index contributed by atoms with van der Waals surface area (Å²) >= 11 is 0. The van der Waals surface area contributed by atoms with Crippen molar-refractivity contribution >= 4 is 0 Å². The lowest BCUT2D eigenvalue weighted by molar-refractivity contribution is -0.0694. The smallest absolute Gasteiger partial charge is 0.165 e. The molecule has 0 heterocycles. The summed E-state index contributed by atoms with van der Waals surface area (Å²) in [7, 11) is 1.91. The van der Waals surface area contributed by atoms with Gasteiger partial charge in [0.2, 0.25) is 0 Å². The number of nitrogens with one attached hydrogen (secondary N) is 1. The van der Waals surface area contributed by atoms with Gasteiger partial charge in [-0.15, -0.1) is 0 Å². The first-order valence-electron chi connectivity index (χ1n) is 6.30. The van der Waals surface area contributed by atoms with Crippen LogP contribution in [0.25, 0.3) is 0 Å². The Morgan fingerprint density at radius 2 is 2.17 bits per heavy atom. The third-order valence-electron chi connectivity index (χ3n) is 4.25. The summed E-state index contributed by atoms with van der Waals surface area (Å²) in [5, 5.41) is 3.24. The lowest BCUT2D eigenvalue weighted by atomic mass is 9.61. The van der Waals surface area contributed by atoms with E-state index < -0.39 is 11.6 Å². The molecule has 0 aromatic heterocycles. The lowest BCUT2D eigenvalue weighted by Gasteiger charge is -2.53. The molecule has 1 aliphatic rings. The zero-order valence-corrected chi connectivity index (χ0v) is 11.0. The van der Waals surface area contributed by atoms with Gasteiger partial charge in [-0.2, -0.15) is 0 Å². The third kappa shape index (κ3) is 2.09. The summed E-state index contributed by atoms with van der Waals surface area (Å²) in [6.45, 7) is 4.20. The predicted octanol–water partition coefficient (Wildman–Crippen LogP) is 3.12. The molecule has 0 saturated heterocycles. The fourth-order valence-corrected chi connectivity index (χ4v) is 2.64. The normalized spacial score (nSPS) is 30.9. The predicted molar refractivity (Wildman–Crippen MR) is 66.6 cm³/mol. The molecular formula is C14H19F2NO. The van der Waals surface area contributed by atoms with Crippen LogP contribution in [0.4, 0.5) is 8.78 Å². The minimum absolute atomic E-state index is 0.00854. The van der Waals surface area contributed by atoms with Crippen molar-refractivity contribution in [3.63, 3.8) is 0 Å². The van der Waals surface area contributed by atoms with Gasteiger partial charge in [0.05, 0.1) is 0 Å². The Labute approximate surface area is 106 Å². The van der Waals surface area contributed by atoms with Gasteiger partial charge in [0.1, 0.15) is 11.9 Å². The first kappa shape index (κ1) is 13.3. The Morgan fingerprint density at radius 1 is 1.44 bits per heavy atom. The van der Waals surface area contributed by atoms with Crippen molar-refractivity contribution in [2.45, 2.75) is 38.8 Å². The Hall–Kier alpha value is -1.16. The van der Waals surface area contributed by atoms with Crippen LogP contribution < -0.4 is 10.1 Å². The molecule has 2 rings (SSSR count). The highest BCUT2D eigenvalue weighted by atomic mass is 19.1. The fourth-order valence-electron chi connectivity index (χ4n) is 2.64. The highest BCUT2D eigenvalue weighted by Gasteiger charge is 2.51. The monoisotopic (exact) mass is 255 g/mol. The number of rotatable bonds is 4. The Balaban J connectivity index is 2.13. The van der Waals surface area contributed by atoms with E-state index in [9.17, 15) is 8.78 Å². The van der Waals surface area contributed by atoms with Crippen LogP contribution in [0.5, 0.6) is 5.75 Å². The van der Waals surface area contributed by atoms with Crippen molar-refractivity contribution in [3.05, 3.63) is 29.8 Å². The van der Waals surface area contributed by atoms with Gasteiger partial charge in [-0.1, -0.05) is 13.8 Å². The lowest BCUT2D eigenvalue weighted by Crippen LogP contribution is -2.62. The van der Waals surface area contributed by atoms with E-state index in [1.165, 1.54) is 0 Å². The van der Waals surface area contributed by atoms with E-state index in [1.807, 2.05) is 7.05 Å². The highest BCUT2D eigenvalue weighted by Crippen LogP contribution is 2.46. The van der Waals surface area contributed by atoms with Crippen LogP contribution in [-0.2, 0) is 0 Å². The summed E-state index contributed by atoms with van der Waals surface area (Å²) in [4.78, 5) is 0. The molecule has 3 atom stereocenters. The molecule has 0 amide bonds. The van der Waals surface area contributed by atoms with Crippen LogP contribution in [0.2, 0.25) is 0 Å². The summed E-state index contributed by atoms with van der Waals surface area (Å²) < 4.78 is 32.2. The Morgan fingerprint density at radius 3 is 2.78 bits per heavy atom. The van der Waals surface area contributed by atoms with E-state index in [4.69, 9.17) is 4.74 Å². The zero-order chi connectivity index (χ0) is 13.3. The van der Waals surface area contributed by atoms with Crippen molar-refractivity contribution in [1.29, 1.82) is 0 Å². The Kier molecular flexibility index (Phi) is 3.57. The zero-order valence-electron chi connectivity index (χ0n) is 11.0. The third-order valence-corrected chi connectivity index (χ3v) is 4.25. The second kappa shape index (κ2) is 4.84. The first-order chi connectivity index (χ1) is 8.51. The fraction of sp³-hybridized carbons (Fsp3) is 0.571. The molecule has 1 N–H and O–H groups in total. The standard InChI is InChI=1S/C14H19F2NO/c1-4-14(2)12(17-3)8-13(14)18-11-7-9(15)5-6-10(11)16/h5-7,12-13,17H,4,8H2,1-3H3. The molecule has 2 nitrogen and oxygen atoms in total. The minimum atomic E-state index is -0.511. The van der Waals surface area contributed by atoms with Crippen molar-refractivity contribution in [1.82, 2.24) is 5.32 Å². The molecule has 0 radical (unpaired) electrons. The van der Waals surface area contributed by atoms with Crippen molar-refractivity contribution < 1.29 is 13.5 Å². The molecule has 100 valence electrons. The molecule has 1 aromatic rings. The van der Waals surface area contributed by atoms with E-state index in [1.54, 1.807) is 0 Å². The van der Waals surface area contributed by atoms with Crippen LogP contribution in [0.1, 0.15) is 26.7 Å². The largest absolute Gasteiger partial charge is 0.487 e. The van der Waals surface area contributed by atoms with E-state index in [0.29, 0.717) is 6.04 Å². The van der Waals surface area contributed by atoms with E-state index >= 15 is 0 Å². The number of hydrogen-bond donors (Lipinski definition) is 1. The van der Waals surface area contributed by atoms with E-state index in [2.05, 4.69) is 19.2 Å². The molecule has 0 bridgehead atoms. The van der Waals surface area contributed by atoms with Crippen molar-refractivity contribution in [2.24, 2.45) is 5.41 Å². The second-order valence-electron chi connectivity index (χ2n) is 5.12. The summed E-state index contributed by atoms with van der Waals surface area (Å²) in [6, 6.07) is 3.67. The number of hydrogen-bond acceptors (Lipinski definition) is 2. The maximum Gasteiger partial charge on any atom is 0.165 e. The van der Waals surface area contributed by atoms with Gasteiger partial charge in [-0.25, -0.2) is 8.78 Å². The van der Waals surface area contributed by atoms with Crippen LogP contribution in [0, 0.1) is 17.0 Å².